The lowest BCUT2D eigenvalue weighted by molar-refractivity contribution is 0.240. The molecule has 1 atom stereocenters. The third-order valence-corrected chi connectivity index (χ3v) is 3.33. The molecule has 0 aliphatic carbocycles. The zero-order chi connectivity index (χ0) is 12.7. The van der Waals surface area contributed by atoms with Crippen LogP contribution in [0, 0.1) is 0 Å². The Morgan fingerprint density at radius 1 is 1.18 bits per heavy atom. The smallest absolute Gasteiger partial charge is 0.0233 e. The largest absolute Gasteiger partial charge is 0.330 e. The van der Waals surface area contributed by atoms with E-state index in [-0.39, 0.29) is 0 Å². The average molecular weight is 234 g/mol. The number of hydrogen-bond acceptors (Lipinski definition) is 2. The van der Waals surface area contributed by atoms with Gasteiger partial charge in [-0.05, 0) is 44.5 Å². The van der Waals surface area contributed by atoms with Gasteiger partial charge < -0.3 is 5.73 Å². The van der Waals surface area contributed by atoms with Crippen LogP contribution in [0.5, 0.6) is 0 Å². The first-order valence-electron chi connectivity index (χ1n) is 6.65. The van der Waals surface area contributed by atoms with Gasteiger partial charge in [-0.1, -0.05) is 37.6 Å². The van der Waals surface area contributed by atoms with Crippen molar-refractivity contribution >= 4 is 0 Å². The molecule has 0 heterocycles. The minimum atomic E-state index is 0.551. The van der Waals surface area contributed by atoms with Crippen LogP contribution in [0.25, 0.3) is 0 Å². The molecular weight excluding hydrogens is 208 g/mol. The number of aryl methyl sites for hydroxylation is 1. The Labute approximate surface area is 106 Å². The number of rotatable bonds is 7. The van der Waals surface area contributed by atoms with Crippen molar-refractivity contribution in [1.82, 2.24) is 4.90 Å². The quantitative estimate of drug-likeness (QED) is 0.786. The zero-order valence-corrected chi connectivity index (χ0v) is 11.4. The van der Waals surface area contributed by atoms with Crippen LogP contribution in [0.4, 0.5) is 0 Å². The lowest BCUT2D eigenvalue weighted by atomic mass is 10.1. The monoisotopic (exact) mass is 234 g/mol. The summed E-state index contributed by atoms with van der Waals surface area (Å²) in [6.07, 6.45) is 3.46. The van der Waals surface area contributed by atoms with Crippen LogP contribution in [-0.4, -0.2) is 24.5 Å². The van der Waals surface area contributed by atoms with Crippen molar-refractivity contribution in [1.29, 1.82) is 0 Å². The van der Waals surface area contributed by atoms with Gasteiger partial charge in [0.25, 0.3) is 0 Å². The fourth-order valence-electron chi connectivity index (χ4n) is 2.01. The molecule has 0 fully saturated rings. The van der Waals surface area contributed by atoms with Gasteiger partial charge in [-0.15, -0.1) is 0 Å². The maximum absolute atomic E-state index is 5.59. The van der Waals surface area contributed by atoms with Gasteiger partial charge in [0, 0.05) is 12.6 Å². The Hall–Kier alpha value is -0.860. The molecule has 0 aliphatic heterocycles. The third-order valence-electron chi connectivity index (χ3n) is 3.33. The molecule has 96 valence electrons. The predicted molar refractivity (Wildman–Crippen MR) is 75.0 cm³/mol. The summed E-state index contributed by atoms with van der Waals surface area (Å²) in [6.45, 7) is 6.23. The highest BCUT2D eigenvalue weighted by atomic mass is 15.1. The van der Waals surface area contributed by atoms with Crippen LogP contribution in [0.1, 0.15) is 37.8 Å². The van der Waals surface area contributed by atoms with E-state index in [1.54, 1.807) is 0 Å². The topological polar surface area (TPSA) is 29.3 Å². The summed E-state index contributed by atoms with van der Waals surface area (Å²) in [5, 5.41) is 0. The average Bonchev–Trinajstić information content (AvgIpc) is 2.32. The van der Waals surface area contributed by atoms with Crippen molar-refractivity contribution in [3.05, 3.63) is 35.4 Å². The van der Waals surface area contributed by atoms with Gasteiger partial charge in [0.1, 0.15) is 0 Å². The van der Waals surface area contributed by atoms with Crippen LogP contribution in [-0.2, 0) is 13.0 Å². The number of nitrogens with zero attached hydrogens (tertiary/aromatic N) is 1. The van der Waals surface area contributed by atoms with E-state index in [4.69, 9.17) is 5.73 Å². The first-order valence-corrected chi connectivity index (χ1v) is 6.65. The molecule has 2 N–H and O–H groups in total. The Morgan fingerprint density at radius 2 is 1.76 bits per heavy atom. The van der Waals surface area contributed by atoms with Crippen molar-refractivity contribution in [3.8, 4) is 0 Å². The Kier molecular flexibility index (Phi) is 6.23. The maximum Gasteiger partial charge on any atom is 0.0233 e. The molecule has 0 radical (unpaired) electrons. The molecule has 0 spiro atoms. The van der Waals surface area contributed by atoms with E-state index in [0.29, 0.717) is 6.04 Å². The highest BCUT2D eigenvalue weighted by Crippen LogP contribution is 2.10. The van der Waals surface area contributed by atoms with Crippen LogP contribution >= 0.6 is 0 Å². The summed E-state index contributed by atoms with van der Waals surface area (Å²) in [6, 6.07) is 9.55. The highest BCUT2D eigenvalue weighted by Gasteiger charge is 2.08. The molecule has 1 aromatic rings. The fourth-order valence-corrected chi connectivity index (χ4v) is 2.01. The molecule has 2 heteroatoms. The van der Waals surface area contributed by atoms with Crippen molar-refractivity contribution < 1.29 is 0 Å². The van der Waals surface area contributed by atoms with Crippen molar-refractivity contribution in [2.45, 2.75) is 45.7 Å². The zero-order valence-electron chi connectivity index (χ0n) is 11.4. The van der Waals surface area contributed by atoms with E-state index in [2.05, 4.69) is 50.1 Å². The predicted octanol–water partition coefficient (Wildman–Crippen LogP) is 2.81. The maximum atomic E-state index is 5.59. The molecule has 0 bridgehead atoms. The molecule has 0 aliphatic rings. The van der Waals surface area contributed by atoms with E-state index in [1.807, 2.05) is 0 Å². The van der Waals surface area contributed by atoms with Crippen LogP contribution in [0.2, 0.25) is 0 Å². The Balaban J connectivity index is 2.50. The van der Waals surface area contributed by atoms with Gasteiger partial charge in [0.2, 0.25) is 0 Å². The Bertz CT molecular complexity index is 305. The molecule has 17 heavy (non-hydrogen) atoms. The van der Waals surface area contributed by atoms with Crippen molar-refractivity contribution in [2.24, 2.45) is 5.73 Å². The van der Waals surface area contributed by atoms with Gasteiger partial charge in [-0.25, -0.2) is 0 Å². The summed E-state index contributed by atoms with van der Waals surface area (Å²) in [4.78, 5) is 2.36. The molecule has 2 nitrogen and oxygen atoms in total. The molecule has 0 saturated carbocycles. The summed E-state index contributed by atoms with van der Waals surface area (Å²) in [7, 11) is 2.17. The van der Waals surface area contributed by atoms with Gasteiger partial charge in [-0.3, -0.25) is 4.90 Å². The van der Waals surface area contributed by atoms with E-state index < -0.39 is 0 Å². The molecule has 1 unspecified atom stereocenters. The van der Waals surface area contributed by atoms with Crippen LogP contribution in [0.15, 0.2) is 24.3 Å². The summed E-state index contributed by atoms with van der Waals surface area (Å²) >= 11 is 0. The third kappa shape index (κ3) is 4.88. The van der Waals surface area contributed by atoms with Crippen LogP contribution in [0.3, 0.4) is 0 Å². The van der Waals surface area contributed by atoms with Crippen molar-refractivity contribution in [2.75, 3.05) is 13.6 Å². The second-order valence-electron chi connectivity index (χ2n) is 4.91. The van der Waals surface area contributed by atoms with Gasteiger partial charge >= 0.3 is 0 Å². The minimum Gasteiger partial charge on any atom is -0.330 e. The first-order chi connectivity index (χ1) is 8.17. The molecule has 0 saturated heterocycles. The number of benzene rings is 1. The van der Waals surface area contributed by atoms with Gasteiger partial charge in [0.05, 0.1) is 0 Å². The summed E-state index contributed by atoms with van der Waals surface area (Å²) in [5.74, 6) is 0. The molecule has 0 amide bonds. The number of hydrogen-bond donors (Lipinski definition) is 1. The first kappa shape index (κ1) is 14.2. The van der Waals surface area contributed by atoms with E-state index in [9.17, 15) is 0 Å². The summed E-state index contributed by atoms with van der Waals surface area (Å²) < 4.78 is 0. The van der Waals surface area contributed by atoms with E-state index in [1.165, 1.54) is 24.0 Å². The normalized spacial score (nSPS) is 13.0. The van der Waals surface area contributed by atoms with Crippen molar-refractivity contribution in [3.63, 3.8) is 0 Å². The lowest BCUT2D eigenvalue weighted by Crippen LogP contribution is -2.30. The van der Waals surface area contributed by atoms with E-state index >= 15 is 0 Å². The highest BCUT2D eigenvalue weighted by molar-refractivity contribution is 5.22. The molecule has 0 aromatic heterocycles. The minimum absolute atomic E-state index is 0.551. The molecular formula is C15H26N2. The standard InChI is InChI=1S/C15H26N2/c1-4-5-14-6-8-15(9-7-14)12-17(3)13(2)10-11-16/h6-9,13H,4-5,10-12,16H2,1-3H3. The number of nitrogens with two attached hydrogens (primary N) is 1. The van der Waals surface area contributed by atoms with Gasteiger partial charge in [0.15, 0.2) is 0 Å². The fraction of sp³-hybridized carbons (Fsp3) is 0.600. The van der Waals surface area contributed by atoms with Crippen LogP contribution < -0.4 is 5.73 Å². The second-order valence-corrected chi connectivity index (χ2v) is 4.91. The summed E-state index contributed by atoms with van der Waals surface area (Å²) in [5.41, 5.74) is 8.41. The molecule has 1 aromatic carbocycles. The lowest BCUT2D eigenvalue weighted by Gasteiger charge is -2.24. The SMILES string of the molecule is CCCc1ccc(CN(C)C(C)CCN)cc1. The van der Waals surface area contributed by atoms with E-state index in [0.717, 1.165) is 19.5 Å². The second kappa shape index (κ2) is 7.46. The van der Waals surface area contributed by atoms with Gasteiger partial charge in [-0.2, -0.15) is 0 Å². The Morgan fingerprint density at radius 3 is 2.29 bits per heavy atom. The molecule has 1 rings (SSSR count).